The molecule has 0 radical (unpaired) electrons. The van der Waals surface area contributed by atoms with E-state index in [1.807, 2.05) is 0 Å². The fourth-order valence-electron chi connectivity index (χ4n) is 0.0340. The Morgan fingerprint density at radius 2 is 2.17 bits per heavy atom. The highest BCUT2D eigenvalue weighted by molar-refractivity contribution is 7.52. The monoisotopic (exact) mass is 110 g/mol. The van der Waals surface area contributed by atoms with Crippen LogP contribution in [0.1, 0.15) is 7.43 Å². The van der Waals surface area contributed by atoms with Crippen molar-refractivity contribution in [3.63, 3.8) is 0 Å². The predicted octanol–water partition coefficient (Wildman–Crippen LogP) is 0.167. The first-order valence-electron chi connectivity index (χ1n) is 1.04. The Morgan fingerprint density at radius 1 is 1.67 bits per heavy atom. The molecular formula is C2H8NO2S-. The van der Waals surface area contributed by atoms with Crippen molar-refractivity contribution in [2.75, 3.05) is 7.05 Å². The molecule has 0 amide bonds. The second kappa shape index (κ2) is 8.97. The van der Waals surface area contributed by atoms with Crippen molar-refractivity contribution in [1.29, 1.82) is 0 Å². The van der Waals surface area contributed by atoms with Gasteiger partial charge in [0.05, 0.1) is 0 Å². The predicted molar refractivity (Wildman–Crippen MR) is 25.3 cm³/mol. The van der Waals surface area contributed by atoms with Gasteiger partial charge in [-0.3, -0.25) is 0 Å². The summed E-state index contributed by atoms with van der Waals surface area (Å²) in [6.07, 6.45) is 0. The van der Waals surface area contributed by atoms with Crippen molar-refractivity contribution < 1.29 is 9.32 Å². The fourth-order valence-corrected chi connectivity index (χ4v) is 0.102. The molecule has 0 aliphatic carbocycles. The van der Waals surface area contributed by atoms with E-state index in [1.54, 1.807) is 7.05 Å². The molecule has 0 bridgehead atoms. The summed E-state index contributed by atoms with van der Waals surface area (Å²) >= 11 is 3.87. The van der Waals surface area contributed by atoms with E-state index in [0.717, 1.165) is 0 Å². The highest BCUT2D eigenvalue weighted by atomic mass is 32.1. The molecule has 0 spiro atoms. The lowest BCUT2D eigenvalue weighted by Crippen LogP contribution is -2.03. The zero-order valence-corrected chi connectivity index (χ0v) is 3.54. The first-order chi connectivity index (χ1) is 2.41. The molecule has 0 heterocycles. The molecule has 0 aromatic carbocycles. The van der Waals surface area contributed by atoms with Crippen molar-refractivity contribution in [3.8, 4) is 0 Å². The molecule has 6 heavy (non-hydrogen) atoms. The summed E-state index contributed by atoms with van der Waals surface area (Å²) in [7, 11) is 1.55. The van der Waals surface area contributed by atoms with Crippen LogP contribution in [0.3, 0.4) is 0 Å². The largest absolute Gasteiger partial charge is 0.580 e. The molecule has 3 nitrogen and oxygen atoms in total. The van der Waals surface area contributed by atoms with E-state index in [0.29, 0.717) is 0 Å². The number of hydrogen-bond donors (Lipinski definition) is 1. The summed E-state index contributed by atoms with van der Waals surface area (Å²) in [6, 6.07) is 0. The molecule has 0 rings (SSSR count). The minimum absolute atomic E-state index is 0. The molecule has 1 N–H and O–H groups in total. The van der Waals surface area contributed by atoms with Crippen molar-refractivity contribution >= 4 is 12.9 Å². The number of hydroxylamine groups is 1. The highest BCUT2D eigenvalue weighted by Gasteiger charge is 1.52. The van der Waals surface area contributed by atoms with Crippen molar-refractivity contribution in [2.24, 2.45) is 0 Å². The summed E-state index contributed by atoms with van der Waals surface area (Å²) in [5.41, 5.74) is 2.19. The summed E-state index contributed by atoms with van der Waals surface area (Å²) in [4.78, 5) is 3.90. The van der Waals surface area contributed by atoms with E-state index < -0.39 is 0 Å². The van der Waals surface area contributed by atoms with Crippen LogP contribution in [-0.4, -0.2) is 7.05 Å². The minimum atomic E-state index is 0. The summed E-state index contributed by atoms with van der Waals surface area (Å²) in [6.45, 7) is 0. The van der Waals surface area contributed by atoms with E-state index in [2.05, 4.69) is 27.7 Å². The van der Waals surface area contributed by atoms with Crippen LogP contribution in [0.2, 0.25) is 0 Å². The Labute approximate surface area is 43.1 Å². The Morgan fingerprint density at radius 3 is 2.17 bits per heavy atom. The molecule has 0 saturated carbocycles. The molecule has 40 valence electrons. The SMILES string of the molecule is C.CNOO[S-]. The smallest absolute Gasteiger partial charge is 0.0125 e. The molecule has 0 atom stereocenters. The van der Waals surface area contributed by atoms with Crippen LogP contribution in [0.25, 0.3) is 0 Å². The first-order valence-corrected chi connectivity index (χ1v) is 1.37. The van der Waals surface area contributed by atoms with Crippen LogP contribution < -0.4 is 5.48 Å². The lowest BCUT2D eigenvalue weighted by atomic mass is 11.6. The van der Waals surface area contributed by atoms with Gasteiger partial charge in [-0.2, -0.15) is 10.5 Å². The average molecular weight is 110 g/mol. The molecule has 0 unspecified atom stereocenters. The van der Waals surface area contributed by atoms with Crippen LogP contribution >= 0.6 is 0 Å². The normalized spacial score (nSPS) is 7.00. The summed E-state index contributed by atoms with van der Waals surface area (Å²) in [5, 5.41) is 0. The van der Waals surface area contributed by atoms with Crippen molar-refractivity contribution in [3.05, 3.63) is 0 Å². The Hall–Kier alpha value is 0.230. The Kier molecular flexibility index (Phi) is 14.2. The van der Waals surface area contributed by atoms with Gasteiger partial charge in [0.2, 0.25) is 0 Å². The lowest BCUT2D eigenvalue weighted by molar-refractivity contribution is -0.236. The van der Waals surface area contributed by atoms with Gasteiger partial charge in [0.15, 0.2) is 0 Å². The van der Waals surface area contributed by atoms with E-state index >= 15 is 0 Å². The molecule has 0 aliphatic heterocycles. The third-order valence-corrected chi connectivity index (χ3v) is 0.185. The topological polar surface area (TPSA) is 30.5 Å². The van der Waals surface area contributed by atoms with Gasteiger partial charge in [-0.25, -0.2) is 0 Å². The molecule has 0 saturated heterocycles. The molecule has 0 fully saturated rings. The van der Waals surface area contributed by atoms with Gasteiger partial charge in [-0.15, -0.1) is 0 Å². The standard InChI is InChI=1S/CH5NO2S.CH4/c1-2-3-4-5;/h2,5H,1H3;1H4/p-1. The van der Waals surface area contributed by atoms with E-state index in [1.165, 1.54) is 0 Å². The van der Waals surface area contributed by atoms with Gasteiger partial charge in [-0.1, -0.05) is 7.43 Å². The van der Waals surface area contributed by atoms with Crippen LogP contribution in [-0.2, 0) is 22.2 Å². The van der Waals surface area contributed by atoms with Gasteiger partial charge >= 0.3 is 0 Å². The third-order valence-electron chi connectivity index (χ3n) is 0.117. The van der Waals surface area contributed by atoms with Gasteiger partial charge < -0.3 is 17.2 Å². The lowest BCUT2D eigenvalue weighted by Gasteiger charge is -2.00. The summed E-state index contributed by atoms with van der Waals surface area (Å²) in [5.74, 6) is 0. The van der Waals surface area contributed by atoms with Crippen LogP contribution in [0.15, 0.2) is 0 Å². The third kappa shape index (κ3) is 8.87. The fraction of sp³-hybridized carbons (Fsp3) is 1.00. The maximum atomic E-state index is 3.90. The Bertz CT molecular complexity index is 19.0. The Balaban J connectivity index is 0. The van der Waals surface area contributed by atoms with E-state index in [9.17, 15) is 0 Å². The van der Waals surface area contributed by atoms with Crippen molar-refractivity contribution in [2.45, 2.75) is 7.43 Å². The average Bonchev–Trinajstić information content (AvgIpc) is 1.41. The molecule has 0 aromatic heterocycles. The number of rotatable bonds is 2. The zero-order chi connectivity index (χ0) is 4.12. The van der Waals surface area contributed by atoms with E-state index in [-0.39, 0.29) is 7.43 Å². The number of nitrogens with one attached hydrogen (secondary N) is 1. The van der Waals surface area contributed by atoms with Gasteiger partial charge in [0.1, 0.15) is 0 Å². The van der Waals surface area contributed by atoms with Crippen LogP contribution in [0.5, 0.6) is 0 Å². The van der Waals surface area contributed by atoms with Gasteiger partial charge in [0.25, 0.3) is 0 Å². The van der Waals surface area contributed by atoms with Crippen molar-refractivity contribution in [1.82, 2.24) is 5.48 Å². The number of hydrogen-bond acceptors (Lipinski definition) is 4. The van der Waals surface area contributed by atoms with Crippen LogP contribution in [0, 0.1) is 0 Å². The maximum Gasteiger partial charge on any atom is 0.0125 e. The van der Waals surface area contributed by atoms with E-state index in [4.69, 9.17) is 0 Å². The van der Waals surface area contributed by atoms with Gasteiger partial charge in [0, 0.05) is 7.05 Å². The molecule has 0 aromatic rings. The summed E-state index contributed by atoms with van der Waals surface area (Å²) < 4.78 is 3.66. The molecule has 0 aliphatic rings. The quantitative estimate of drug-likeness (QED) is 0.312. The maximum absolute atomic E-state index is 3.90. The molecule has 4 heteroatoms. The first kappa shape index (κ1) is 9.52. The van der Waals surface area contributed by atoms with Crippen LogP contribution in [0.4, 0.5) is 0 Å². The second-order valence-electron chi connectivity index (χ2n) is 0.355. The van der Waals surface area contributed by atoms with Gasteiger partial charge in [-0.05, 0) is 0 Å². The minimum Gasteiger partial charge on any atom is -0.580 e. The zero-order valence-electron chi connectivity index (χ0n) is 2.72. The second-order valence-corrected chi connectivity index (χ2v) is 0.492. The highest BCUT2D eigenvalue weighted by Crippen LogP contribution is 1.55. The molecular weight excluding hydrogens is 102 g/mol.